The van der Waals surface area contributed by atoms with Crippen molar-refractivity contribution in [3.8, 4) is 0 Å². The molecule has 2 aromatic rings. The summed E-state index contributed by atoms with van der Waals surface area (Å²) in [6, 6.07) is 11.9. The second kappa shape index (κ2) is 12.3. The van der Waals surface area contributed by atoms with Crippen LogP contribution in [-0.2, 0) is 20.9 Å². The minimum absolute atomic E-state index is 0.0518. The van der Waals surface area contributed by atoms with Crippen molar-refractivity contribution in [1.29, 1.82) is 0 Å². The van der Waals surface area contributed by atoms with Crippen molar-refractivity contribution in [3.63, 3.8) is 0 Å². The van der Waals surface area contributed by atoms with Crippen molar-refractivity contribution in [2.45, 2.75) is 32.2 Å². The maximum atomic E-state index is 12.0. The van der Waals surface area contributed by atoms with Gasteiger partial charge < -0.3 is 30.2 Å². The number of anilines is 2. The number of furan rings is 1. The molecule has 30 heavy (non-hydrogen) atoms. The summed E-state index contributed by atoms with van der Waals surface area (Å²) >= 11 is 0. The Morgan fingerprint density at radius 1 is 0.933 bits per heavy atom. The Morgan fingerprint density at radius 3 is 2.10 bits per heavy atom. The van der Waals surface area contributed by atoms with Gasteiger partial charge in [-0.2, -0.15) is 0 Å². The van der Waals surface area contributed by atoms with Gasteiger partial charge in [0.15, 0.2) is 0 Å². The van der Waals surface area contributed by atoms with Gasteiger partial charge in [-0.15, -0.1) is 0 Å². The average Bonchev–Trinajstić information content (AvgIpc) is 3.09. The molecular weight excluding hydrogens is 390 g/mol. The fourth-order valence-electron chi connectivity index (χ4n) is 3.00. The topological polar surface area (TPSA) is 132 Å². The van der Waals surface area contributed by atoms with E-state index in [1.807, 2.05) is 24.3 Å². The number of aliphatic carboxylic acids is 2. The number of amides is 1. The molecule has 1 saturated heterocycles. The number of carbonyl (C=O) groups is 3. The fraction of sp³-hybridized carbons (Fsp3) is 0.381. The van der Waals surface area contributed by atoms with Crippen LogP contribution in [0.25, 0.3) is 0 Å². The first-order valence-electron chi connectivity index (χ1n) is 9.80. The van der Waals surface area contributed by atoms with Gasteiger partial charge in [0.05, 0.1) is 19.4 Å². The van der Waals surface area contributed by atoms with E-state index in [1.165, 1.54) is 31.4 Å². The number of carboxylic acids is 2. The van der Waals surface area contributed by atoms with Crippen LogP contribution in [0.3, 0.4) is 0 Å². The smallest absolute Gasteiger partial charge is 0.414 e. The van der Waals surface area contributed by atoms with Crippen LogP contribution in [0.5, 0.6) is 0 Å². The van der Waals surface area contributed by atoms with E-state index in [2.05, 4.69) is 27.7 Å². The third kappa shape index (κ3) is 8.36. The predicted molar refractivity (Wildman–Crippen MR) is 111 cm³/mol. The van der Waals surface area contributed by atoms with Gasteiger partial charge >= 0.3 is 11.9 Å². The van der Waals surface area contributed by atoms with Crippen LogP contribution in [-0.4, -0.2) is 47.7 Å². The lowest BCUT2D eigenvalue weighted by Crippen LogP contribution is -2.27. The van der Waals surface area contributed by atoms with Gasteiger partial charge in [-0.25, -0.2) is 9.59 Å². The zero-order valence-electron chi connectivity index (χ0n) is 16.7. The molecule has 0 spiro atoms. The quantitative estimate of drug-likeness (QED) is 0.527. The summed E-state index contributed by atoms with van der Waals surface area (Å²) in [5.41, 5.74) is 2.07. The monoisotopic (exact) mass is 417 g/mol. The van der Waals surface area contributed by atoms with Gasteiger partial charge in [-0.1, -0.05) is 12.8 Å². The number of hydrogen-bond acceptors (Lipinski definition) is 6. The first-order chi connectivity index (χ1) is 14.5. The van der Waals surface area contributed by atoms with E-state index >= 15 is 0 Å². The molecule has 1 aromatic carbocycles. The van der Waals surface area contributed by atoms with E-state index in [1.54, 1.807) is 6.26 Å². The molecule has 1 amide bonds. The van der Waals surface area contributed by atoms with E-state index in [0.29, 0.717) is 6.54 Å². The number of benzene rings is 1. The molecule has 2 heterocycles. The third-order valence-corrected chi connectivity index (χ3v) is 4.47. The largest absolute Gasteiger partial charge is 0.473 e. The summed E-state index contributed by atoms with van der Waals surface area (Å²) in [7, 11) is 0. The number of nitrogens with zero attached hydrogens (tertiary/aromatic N) is 1. The molecule has 3 rings (SSSR count). The van der Waals surface area contributed by atoms with Gasteiger partial charge in [0.2, 0.25) is 5.91 Å². The Hall–Kier alpha value is -3.33. The van der Waals surface area contributed by atoms with Crippen molar-refractivity contribution < 1.29 is 29.0 Å². The molecule has 1 aromatic heterocycles. The second-order valence-corrected chi connectivity index (χ2v) is 6.79. The molecule has 162 valence electrons. The second-order valence-electron chi connectivity index (χ2n) is 6.79. The van der Waals surface area contributed by atoms with Crippen molar-refractivity contribution in [2.24, 2.45) is 0 Å². The average molecular weight is 417 g/mol. The summed E-state index contributed by atoms with van der Waals surface area (Å²) in [4.78, 5) is 32.6. The minimum Gasteiger partial charge on any atom is -0.473 e. The fourth-order valence-corrected chi connectivity index (χ4v) is 3.00. The maximum absolute atomic E-state index is 12.0. The summed E-state index contributed by atoms with van der Waals surface area (Å²) in [5.74, 6) is -2.88. The molecule has 4 N–H and O–H groups in total. The minimum atomic E-state index is -1.82. The van der Waals surface area contributed by atoms with Crippen molar-refractivity contribution >= 4 is 29.2 Å². The highest BCUT2D eigenvalue weighted by Crippen LogP contribution is 2.21. The lowest BCUT2D eigenvalue weighted by atomic mass is 10.2. The van der Waals surface area contributed by atoms with E-state index in [0.717, 1.165) is 24.5 Å². The van der Waals surface area contributed by atoms with E-state index in [4.69, 9.17) is 24.2 Å². The molecule has 0 saturated carbocycles. The van der Waals surface area contributed by atoms with Crippen LogP contribution in [0.2, 0.25) is 0 Å². The molecule has 0 atom stereocenters. The lowest BCUT2D eigenvalue weighted by molar-refractivity contribution is -0.159. The summed E-state index contributed by atoms with van der Waals surface area (Å²) in [6.07, 6.45) is 6.81. The van der Waals surface area contributed by atoms with Gasteiger partial charge in [0.25, 0.3) is 0 Å². The Balaban J connectivity index is 0.000000469. The summed E-state index contributed by atoms with van der Waals surface area (Å²) in [6.45, 7) is 3.06. The maximum Gasteiger partial charge on any atom is 0.414 e. The zero-order valence-corrected chi connectivity index (χ0v) is 16.7. The molecule has 1 aliphatic rings. The van der Waals surface area contributed by atoms with Gasteiger partial charge in [0.1, 0.15) is 5.76 Å². The van der Waals surface area contributed by atoms with Crippen molar-refractivity contribution in [1.82, 2.24) is 5.32 Å². The Labute approximate surface area is 174 Å². The van der Waals surface area contributed by atoms with E-state index in [-0.39, 0.29) is 12.5 Å². The highest BCUT2D eigenvalue weighted by Gasteiger charge is 2.10. The number of nitrogens with one attached hydrogen (secondary N) is 2. The molecule has 9 nitrogen and oxygen atoms in total. The van der Waals surface area contributed by atoms with Crippen LogP contribution >= 0.6 is 0 Å². The van der Waals surface area contributed by atoms with Gasteiger partial charge in [-0.05, 0) is 49.2 Å². The molecule has 0 unspecified atom stereocenters. The third-order valence-electron chi connectivity index (χ3n) is 4.47. The van der Waals surface area contributed by atoms with Crippen LogP contribution in [0.4, 0.5) is 11.4 Å². The highest BCUT2D eigenvalue weighted by molar-refractivity contribution is 6.27. The number of carbonyl (C=O) groups excluding carboxylic acids is 1. The molecular formula is C21H27N3O6. The molecule has 0 radical (unpaired) electrons. The van der Waals surface area contributed by atoms with Crippen LogP contribution in [0.15, 0.2) is 47.1 Å². The van der Waals surface area contributed by atoms with E-state index < -0.39 is 11.9 Å². The first-order valence-corrected chi connectivity index (χ1v) is 9.80. The van der Waals surface area contributed by atoms with Crippen LogP contribution in [0.1, 0.15) is 31.4 Å². The Bertz CT molecular complexity index is 785. The van der Waals surface area contributed by atoms with Crippen molar-refractivity contribution in [3.05, 3.63) is 48.4 Å². The van der Waals surface area contributed by atoms with Gasteiger partial charge in [-0.3, -0.25) is 4.79 Å². The number of rotatable bonds is 6. The van der Waals surface area contributed by atoms with Crippen LogP contribution in [0, 0.1) is 0 Å². The molecule has 0 bridgehead atoms. The zero-order chi connectivity index (χ0) is 21.8. The first kappa shape index (κ1) is 23.0. The summed E-state index contributed by atoms with van der Waals surface area (Å²) < 4.78 is 5.21. The Morgan fingerprint density at radius 2 is 1.57 bits per heavy atom. The predicted octanol–water partition coefficient (Wildman–Crippen LogP) is 2.54. The van der Waals surface area contributed by atoms with Crippen molar-refractivity contribution in [2.75, 3.05) is 29.9 Å². The molecule has 9 heteroatoms. The lowest BCUT2D eigenvalue weighted by Gasteiger charge is -2.22. The van der Waals surface area contributed by atoms with Gasteiger partial charge in [0, 0.05) is 24.5 Å². The molecule has 1 fully saturated rings. The van der Waals surface area contributed by atoms with E-state index in [9.17, 15) is 4.79 Å². The standard InChI is InChI=1S/C19H25N3O2.C2H2O4/c23-19(15-20-14-18-6-5-13-24-18)21-16-7-9-17(10-8-16)22-11-3-1-2-4-12-22;3-1(4)2(5)6/h5-10,13,20H,1-4,11-12,14-15H2,(H,21,23);(H,3,4)(H,5,6). The van der Waals surface area contributed by atoms with Crippen LogP contribution < -0.4 is 15.5 Å². The summed E-state index contributed by atoms with van der Waals surface area (Å²) in [5, 5.41) is 20.8. The number of hydrogen-bond donors (Lipinski definition) is 4. The SMILES string of the molecule is O=C(CNCc1ccco1)Nc1ccc(N2CCCCCC2)cc1.O=C(O)C(=O)O. The normalized spacial score (nSPS) is 13.5. The Kier molecular flexibility index (Phi) is 9.39. The number of carboxylic acid groups (broad SMARTS) is 2. The molecule has 0 aliphatic carbocycles. The highest BCUT2D eigenvalue weighted by atomic mass is 16.4. The molecule has 1 aliphatic heterocycles.